The predicted octanol–water partition coefficient (Wildman–Crippen LogP) is 1.08. The number of aryl methyl sites for hydroxylation is 2. The molecule has 0 spiro atoms. The van der Waals surface area contributed by atoms with Crippen LogP contribution >= 0.6 is 0 Å². The second-order valence-corrected chi connectivity index (χ2v) is 5.85. The van der Waals surface area contributed by atoms with Crippen molar-refractivity contribution in [3.63, 3.8) is 0 Å². The number of H-pyrrole nitrogens is 1. The van der Waals surface area contributed by atoms with Crippen molar-refractivity contribution in [3.8, 4) is 0 Å². The van der Waals surface area contributed by atoms with Crippen LogP contribution in [0, 0.1) is 13.8 Å². The summed E-state index contributed by atoms with van der Waals surface area (Å²) >= 11 is 0. The molecule has 130 valence electrons. The minimum Gasteiger partial charge on any atom is -0.338 e. The van der Waals surface area contributed by atoms with Gasteiger partial charge in [0, 0.05) is 30.4 Å². The van der Waals surface area contributed by atoms with E-state index in [1.807, 2.05) is 48.7 Å². The van der Waals surface area contributed by atoms with Gasteiger partial charge in [-0.05, 0) is 37.6 Å². The van der Waals surface area contributed by atoms with E-state index >= 15 is 0 Å². The highest BCUT2D eigenvalue weighted by Gasteiger charge is 2.08. The monoisotopic (exact) mass is 340 g/mol. The second kappa shape index (κ2) is 7.16. The Bertz CT molecular complexity index is 959. The second-order valence-electron chi connectivity index (χ2n) is 5.85. The topological polar surface area (TPSA) is 104 Å². The van der Waals surface area contributed by atoms with Crippen LogP contribution in [-0.2, 0) is 13.0 Å². The molecule has 3 rings (SSSR count). The number of amides is 2. The maximum absolute atomic E-state index is 11.9. The Balaban J connectivity index is 1.51. The average molecular weight is 340 g/mol. The van der Waals surface area contributed by atoms with Crippen molar-refractivity contribution in [3.05, 3.63) is 63.5 Å². The third-order valence-electron chi connectivity index (χ3n) is 3.94. The summed E-state index contributed by atoms with van der Waals surface area (Å²) in [6.45, 7) is 4.28. The van der Waals surface area contributed by atoms with Crippen LogP contribution in [0.15, 0.2) is 35.3 Å². The van der Waals surface area contributed by atoms with Gasteiger partial charge in [-0.3, -0.25) is 9.20 Å². The third kappa shape index (κ3) is 3.85. The quantitative estimate of drug-likeness (QED) is 0.646. The van der Waals surface area contributed by atoms with Crippen molar-refractivity contribution in [2.45, 2.75) is 26.8 Å². The van der Waals surface area contributed by atoms with Crippen LogP contribution in [0.2, 0.25) is 0 Å². The molecule has 0 aliphatic carbocycles. The maximum Gasteiger partial charge on any atom is 0.315 e. The average Bonchev–Trinajstić information content (AvgIpc) is 2.97. The molecule has 0 fully saturated rings. The Morgan fingerprint density at radius 1 is 1.24 bits per heavy atom. The van der Waals surface area contributed by atoms with Gasteiger partial charge in [0.2, 0.25) is 0 Å². The van der Waals surface area contributed by atoms with E-state index in [9.17, 15) is 9.59 Å². The number of hydrogen-bond acceptors (Lipinski definition) is 4. The third-order valence-corrected chi connectivity index (χ3v) is 3.94. The number of fused-ring (bicyclic) bond motifs is 1. The van der Waals surface area contributed by atoms with E-state index in [0.29, 0.717) is 18.5 Å². The van der Waals surface area contributed by atoms with Gasteiger partial charge in [0.05, 0.1) is 6.54 Å². The number of urea groups is 1. The Morgan fingerprint density at radius 3 is 2.88 bits per heavy atom. The molecule has 0 bridgehead atoms. The summed E-state index contributed by atoms with van der Waals surface area (Å²) in [5.74, 6) is 0.779. The first-order valence-corrected chi connectivity index (χ1v) is 8.04. The van der Waals surface area contributed by atoms with Crippen LogP contribution in [0.25, 0.3) is 5.65 Å². The highest BCUT2D eigenvalue weighted by Crippen LogP contribution is 2.04. The van der Waals surface area contributed by atoms with Crippen molar-refractivity contribution in [1.29, 1.82) is 0 Å². The zero-order chi connectivity index (χ0) is 17.8. The first-order valence-electron chi connectivity index (χ1n) is 8.04. The fourth-order valence-corrected chi connectivity index (χ4v) is 2.68. The van der Waals surface area contributed by atoms with Crippen molar-refractivity contribution in [2.75, 3.05) is 6.54 Å². The first kappa shape index (κ1) is 16.7. The van der Waals surface area contributed by atoms with E-state index in [-0.39, 0.29) is 18.1 Å². The van der Waals surface area contributed by atoms with Gasteiger partial charge in [0.15, 0.2) is 5.65 Å². The van der Waals surface area contributed by atoms with Crippen molar-refractivity contribution in [2.24, 2.45) is 0 Å². The lowest BCUT2D eigenvalue weighted by atomic mass is 10.1. The molecule has 0 radical (unpaired) electrons. The number of aromatic nitrogens is 4. The highest BCUT2D eigenvalue weighted by molar-refractivity contribution is 5.73. The standard InChI is InChI=1S/C17H20N6O2/c1-11-9-12(2)20-16(24)13(11)10-19-17(25)18-7-6-15-22-21-14-5-3-4-8-23(14)15/h3-5,8-9H,6-7,10H2,1-2H3,(H,20,24)(H2,18,19,25). The van der Waals surface area contributed by atoms with Crippen molar-refractivity contribution >= 4 is 11.7 Å². The molecule has 3 N–H and O–H groups in total. The largest absolute Gasteiger partial charge is 0.338 e. The van der Waals surface area contributed by atoms with Gasteiger partial charge in [-0.1, -0.05) is 6.07 Å². The summed E-state index contributed by atoms with van der Waals surface area (Å²) in [6, 6.07) is 7.23. The molecule has 0 aliphatic heterocycles. The molecule has 2 amide bonds. The lowest BCUT2D eigenvalue weighted by molar-refractivity contribution is 0.240. The van der Waals surface area contributed by atoms with Gasteiger partial charge < -0.3 is 15.6 Å². The molecule has 25 heavy (non-hydrogen) atoms. The van der Waals surface area contributed by atoms with Crippen LogP contribution < -0.4 is 16.2 Å². The Kier molecular flexibility index (Phi) is 4.78. The molecule has 8 nitrogen and oxygen atoms in total. The highest BCUT2D eigenvalue weighted by atomic mass is 16.2. The summed E-state index contributed by atoms with van der Waals surface area (Å²) in [4.78, 5) is 26.6. The summed E-state index contributed by atoms with van der Waals surface area (Å²) in [7, 11) is 0. The van der Waals surface area contributed by atoms with Crippen LogP contribution in [0.1, 0.15) is 22.6 Å². The fraction of sp³-hybridized carbons (Fsp3) is 0.294. The zero-order valence-electron chi connectivity index (χ0n) is 14.2. The number of pyridine rings is 2. The molecule has 0 aromatic carbocycles. The zero-order valence-corrected chi connectivity index (χ0v) is 14.2. The number of rotatable bonds is 5. The lowest BCUT2D eigenvalue weighted by Crippen LogP contribution is -2.37. The molecular formula is C17H20N6O2. The van der Waals surface area contributed by atoms with Crippen LogP contribution in [-0.4, -0.2) is 32.2 Å². The Morgan fingerprint density at radius 2 is 2.08 bits per heavy atom. The molecule has 0 unspecified atom stereocenters. The van der Waals surface area contributed by atoms with E-state index < -0.39 is 0 Å². The summed E-state index contributed by atoms with van der Waals surface area (Å²) < 4.78 is 1.88. The van der Waals surface area contributed by atoms with Crippen LogP contribution in [0.3, 0.4) is 0 Å². The van der Waals surface area contributed by atoms with E-state index in [1.54, 1.807) is 0 Å². The number of aromatic amines is 1. The number of carbonyl (C=O) groups excluding carboxylic acids is 1. The SMILES string of the molecule is Cc1cc(C)c(CNC(=O)NCCc2nnc3ccccn23)c(=O)[nH]1. The van der Waals surface area contributed by atoms with Crippen LogP contribution in [0.5, 0.6) is 0 Å². The van der Waals surface area contributed by atoms with Crippen LogP contribution in [0.4, 0.5) is 4.79 Å². The summed E-state index contributed by atoms with van der Waals surface area (Å²) in [5, 5.41) is 13.6. The molecule has 0 saturated heterocycles. The minimum atomic E-state index is -0.326. The summed E-state index contributed by atoms with van der Waals surface area (Å²) in [6.07, 6.45) is 2.44. The van der Waals surface area contributed by atoms with E-state index in [4.69, 9.17) is 0 Å². The number of carbonyl (C=O) groups is 1. The Labute approximate surface area is 144 Å². The van der Waals surface area contributed by atoms with E-state index in [2.05, 4.69) is 25.8 Å². The van der Waals surface area contributed by atoms with E-state index in [0.717, 1.165) is 22.7 Å². The van der Waals surface area contributed by atoms with Gasteiger partial charge in [0.1, 0.15) is 5.82 Å². The van der Waals surface area contributed by atoms with Gasteiger partial charge in [-0.2, -0.15) is 0 Å². The normalized spacial score (nSPS) is 10.8. The van der Waals surface area contributed by atoms with Crippen molar-refractivity contribution in [1.82, 2.24) is 30.2 Å². The van der Waals surface area contributed by atoms with Crippen molar-refractivity contribution < 1.29 is 4.79 Å². The molecular weight excluding hydrogens is 320 g/mol. The number of hydrogen-bond donors (Lipinski definition) is 3. The molecule has 0 aliphatic rings. The van der Waals surface area contributed by atoms with Gasteiger partial charge in [-0.25, -0.2) is 4.79 Å². The molecule has 0 saturated carbocycles. The molecule has 3 aromatic rings. The van der Waals surface area contributed by atoms with Gasteiger partial charge >= 0.3 is 6.03 Å². The number of nitrogens with zero attached hydrogens (tertiary/aromatic N) is 3. The first-order chi connectivity index (χ1) is 12.0. The predicted molar refractivity (Wildman–Crippen MR) is 93.5 cm³/mol. The van der Waals surface area contributed by atoms with Gasteiger partial charge in [0.25, 0.3) is 5.56 Å². The minimum absolute atomic E-state index is 0.173. The maximum atomic E-state index is 11.9. The summed E-state index contributed by atoms with van der Waals surface area (Å²) in [5.41, 5.74) is 2.82. The van der Waals surface area contributed by atoms with E-state index in [1.165, 1.54) is 0 Å². The molecule has 3 heterocycles. The smallest absolute Gasteiger partial charge is 0.315 e. The number of nitrogens with one attached hydrogen (secondary N) is 3. The molecule has 3 aromatic heterocycles. The molecule has 8 heteroatoms. The molecule has 0 atom stereocenters. The lowest BCUT2D eigenvalue weighted by Gasteiger charge is -2.09. The van der Waals surface area contributed by atoms with Gasteiger partial charge in [-0.15, -0.1) is 10.2 Å². The fourth-order valence-electron chi connectivity index (χ4n) is 2.68. The Hall–Kier alpha value is -3.16.